The molecule has 188 valence electrons. The van der Waals surface area contributed by atoms with Gasteiger partial charge in [-0.1, -0.05) is 67.9 Å². The molecule has 0 saturated heterocycles. The molecule has 0 unspecified atom stereocenters. The highest BCUT2D eigenvalue weighted by atomic mass is 16.4. The number of nitrogens with zero attached hydrogens (tertiary/aromatic N) is 3. The predicted molar refractivity (Wildman–Crippen MR) is 150 cm³/mol. The van der Waals surface area contributed by atoms with Crippen molar-refractivity contribution in [3.63, 3.8) is 0 Å². The van der Waals surface area contributed by atoms with Crippen LogP contribution >= 0.6 is 0 Å². The SMILES string of the molecule is CCCc1ccc(N2[C@H](c3ccc(/C=C/C(=O)O)cc3)c3ccc(-c4cnn(C)c4)cc3C[C@H]2C)cc1. The molecule has 3 aromatic carbocycles. The average Bonchev–Trinajstić information content (AvgIpc) is 3.34. The summed E-state index contributed by atoms with van der Waals surface area (Å²) >= 11 is 0. The minimum atomic E-state index is -0.943. The molecule has 0 spiro atoms. The molecule has 1 aliphatic rings. The fourth-order valence-electron chi connectivity index (χ4n) is 5.44. The Balaban J connectivity index is 1.58. The third-order valence-electron chi connectivity index (χ3n) is 7.19. The summed E-state index contributed by atoms with van der Waals surface area (Å²) in [5.74, 6) is -0.943. The summed E-state index contributed by atoms with van der Waals surface area (Å²) in [5, 5.41) is 13.3. The van der Waals surface area contributed by atoms with Crippen LogP contribution in [-0.4, -0.2) is 26.9 Å². The Labute approximate surface area is 218 Å². The van der Waals surface area contributed by atoms with E-state index < -0.39 is 5.97 Å². The number of aromatic nitrogens is 2. The van der Waals surface area contributed by atoms with Crippen LogP contribution in [0, 0.1) is 0 Å². The number of carboxylic acid groups (broad SMARTS) is 1. The number of rotatable bonds is 7. The fourth-order valence-corrected chi connectivity index (χ4v) is 5.44. The number of carboxylic acids is 1. The topological polar surface area (TPSA) is 58.4 Å². The van der Waals surface area contributed by atoms with E-state index in [1.165, 1.54) is 39.6 Å². The van der Waals surface area contributed by atoms with Crippen molar-refractivity contribution < 1.29 is 9.90 Å². The van der Waals surface area contributed by atoms with Gasteiger partial charge in [-0.3, -0.25) is 4.68 Å². The molecule has 0 bridgehead atoms. The third-order valence-corrected chi connectivity index (χ3v) is 7.19. The molecule has 1 N–H and O–H groups in total. The smallest absolute Gasteiger partial charge is 0.328 e. The van der Waals surface area contributed by atoms with Gasteiger partial charge in [0.1, 0.15) is 0 Å². The number of aryl methyl sites for hydroxylation is 2. The van der Waals surface area contributed by atoms with Crippen LogP contribution in [0.3, 0.4) is 0 Å². The standard InChI is InChI=1S/C32H33N3O2/c1-4-5-23-8-14-29(15-9-23)35-22(2)18-27-19-26(28-20-33-34(3)21-28)13-16-30(27)32(35)25-11-6-24(7-12-25)10-17-31(36)37/h6-17,19-22,32H,4-5,18H2,1-3H3,(H,36,37)/b17-10+/t22-,32-/m1/s1. The summed E-state index contributed by atoms with van der Waals surface area (Å²) < 4.78 is 1.84. The normalized spacial score (nSPS) is 17.2. The quantitative estimate of drug-likeness (QED) is 0.293. The van der Waals surface area contributed by atoms with Crippen LogP contribution in [0.5, 0.6) is 0 Å². The molecular formula is C32H33N3O2. The number of hydrogen-bond acceptors (Lipinski definition) is 3. The van der Waals surface area contributed by atoms with Crippen LogP contribution in [0.1, 0.15) is 54.1 Å². The molecule has 0 aliphatic carbocycles. The predicted octanol–water partition coefficient (Wildman–Crippen LogP) is 6.68. The highest BCUT2D eigenvalue weighted by Crippen LogP contribution is 2.42. The molecule has 0 saturated carbocycles. The summed E-state index contributed by atoms with van der Waals surface area (Å²) in [5.41, 5.74) is 9.61. The number of benzene rings is 3. The van der Waals surface area contributed by atoms with Gasteiger partial charge in [-0.15, -0.1) is 0 Å². The van der Waals surface area contributed by atoms with Crippen molar-refractivity contribution in [3.05, 3.63) is 113 Å². The maximum Gasteiger partial charge on any atom is 0.328 e. The summed E-state index contributed by atoms with van der Waals surface area (Å²) in [7, 11) is 1.94. The Morgan fingerprint density at radius 3 is 2.46 bits per heavy atom. The average molecular weight is 492 g/mol. The van der Waals surface area contributed by atoms with Crippen molar-refractivity contribution in [2.24, 2.45) is 7.05 Å². The lowest BCUT2D eigenvalue weighted by atomic mass is 9.83. The molecule has 2 heterocycles. The van der Waals surface area contributed by atoms with Crippen LogP contribution < -0.4 is 4.90 Å². The summed E-state index contributed by atoms with van der Waals surface area (Å²) in [6.45, 7) is 4.51. The Hall–Kier alpha value is -4.12. The zero-order valence-electron chi connectivity index (χ0n) is 21.6. The van der Waals surface area contributed by atoms with Gasteiger partial charge in [0.2, 0.25) is 0 Å². The van der Waals surface area contributed by atoms with Gasteiger partial charge in [-0.05, 0) is 71.4 Å². The van der Waals surface area contributed by atoms with E-state index in [-0.39, 0.29) is 6.04 Å². The first-order chi connectivity index (χ1) is 17.9. The first-order valence-electron chi connectivity index (χ1n) is 12.9. The van der Waals surface area contributed by atoms with Crippen molar-refractivity contribution in [1.82, 2.24) is 9.78 Å². The second-order valence-electron chi connectivity index (χ2n) is 9.93. The van der Waals surface area contributed by atoms with Crippen LogP contribution in [0.4, 0.5) is 5.69 Å². The zero-order chi connectivity index (χ0) is 25.9. The fraction of sp³-hybridized carbons (Fsp3) is 0.250. The summed E-state index contributed by atoms with van der Waals surface area (Å²) in [4.78, 5) is 13.5. The van der Waals surface area contributed by atoms with Crippen molar-refractivity contribution in [1.29, 1.82) is 0 Å². The zero-order valence-corrected chi connectivity index (χ0v) is 21.6. The van der Waals surface area contributed by atoms with Crippen LogP contribution in [-0.2, 0) is 24.7 Å². The van der Waals surface area contributed by atoms with E-state index in [0.29, 0.717) is 6.04 Å². The van der Waals surface area contributed by atoms with Gasteiger partial charge in [0.25, 0.3) is 0 Å². The maximum absolute atomic E-state index is 11.0. The lowest BCUT2D eigenvalue weighted by molar-refractivity contribution is -0.131. The van der Waals surface area contributed by atoms with E-state index >= 15 is 0 Å². The van der Waals surface area contributed by atoms with Gasteiger partial charge >= 0.3 is 5.97 Å². The van der Waals surface area contributed by atoms with Crippen LogP contribution in [0.2, 0.25) is 0 Å². The van der Waals surface area contributed by atoms with Crippen molar-refractivity contribution in [2.75, 3.05) is 4.90 Å². The van der Waals surface area contributed by atoms with E-state index in [1.807, 2.05) is 30.1 Å². The van der Waals surface area contributed by atoms with Gasteiger partial charge in [0.15, 0.2) is 0 Å². The van der Waals surface area contributed by atoms with Gasteiger partial charge in [-0.25, -0.2) is 4.79 Å². The van der Waals surface area contributed by atoms with Crippen LogP contribution in [0.25, 0.3) is 17.2 Å². The monoisotopic (exact) mass is 491 g/mol. The molecule has 2 atom stereocenters. The molecule has 1 aromatic heterocycles. The highest BCUT2D eigenvalue weighted by molar-refractivity contribution is 5.85. The Morgan fingerprint density at radius 2 is 1.81 bits per heavy atom. The van der Waals surface area contributed by atoms with Gasteiger partial charge in [0.05, 0.1) is 12.2 Å². The van der Waals surface area contributed by atoms with Gasteiger partial charge in [-0.2, -0.15) is 5.10 Å². The minimum Gasteiger partial charge on any atom is -0.478 e. The molecule has 0 fully saturated rings. The number of aliphatic carboxylic acids is 1. The molecule has 0 amide bonds. The molecule has 0 radical (unpaired) electrons. The molecule has 5 heteroatoms. The number of hydrogen-bond donors (Lipinski definition) is 1. The van der Waals surface area contributed by atoms with E-state index in [9.17, 15) is 4.79 Å². The largest absolute Gasteiger partial charge is 0.478 e. The highest BCUT2D eigenvalue weighted by Gasteiger charge is 2.33. The molecular weight excluding hydrogens is 458 g/mol. The van der Waals surface area contributed by atoms with E-state index in [2.05, 4.69) is 84.6 Å². The van der Waals surface area contributed by atoms with Crippen molar-refractivity contribution in [3.8, 4) is 11.1 Å². The van der Waals surface area contributed by atoms with Crippen molar-refractivity contribution in [2.45, 2.75) is 45.2 Å². The Morgan fingerprint density at radius 1 is 1.05 bits per heavy atom. The van der Waals surface area contributed by atoms with Gasteiger partial charge in [0, 0.05) is 36.6 Å². The maximum atomic E-state index is 11.0. The van der Waals surface area contributed by atoms with E-state index in [1.54, 1.807) is 6.08 Å². The second-order valence-corrected chi connectivity index (χ2v) is 9.93. The molecule has 37 heavy (non-hydrogen) atoms. The number of carbonyl (C=O) groups is 1. The molecule has 5 rings (SSSR count). The van der Waals surface area contributed by atoms with Gasteiger partial charge < -0.3 is 10.0 Å². The number of fused-ring (bicyclic) bond motifs is 1. The first kappa shape index (κ1) is 24.6. The number of anilines is 1. The molecule has 4 aromatic rings. The Kier molecular flexibility index (Phi) is 6.95. The minimum absolute atomic E-state index is 0.0521. The van der Waals surface area contributed by atoms with E-state index in [0.717, 1.165) is 30.4 Å². The molecule has 5 nitrogen and oxygen atoms in total. The summed E-state index contributed by atoms with van der Waals surface area (Å²) in [6, 6.07) is 24.4. The Bertz CT molecular complexity index is 1420. The summed E-state index contributed by atoms with van der Waals surface area (Å²) in [6.07, 6.45) is 9.96. The second kappa shape index (κ2) is 10.5. The van der Waals surface area contributed by atoms with E-state index in [4.69, 9.17) is 5.11 Å². The van der Waals surface area contributed by atoms with Crippen LogP contribution in [0.15, 0.2) is 85.2 Å². The van der Waals surface area contributed by atoms with Crippen molar-refractivity contribution >= 4 is 17.7 Å². The first-order valence-corrected chi connectivity index (χ1v) is 12.9. The molecule has 1 aliphatic heterocycles. The third kappa shape index (κ3) is 5.21. The lowest BCUT2D eigenvalue weighted by Crippen LogP contribution is -2.42. The lowest BCUT2D eigenvalue weighted by Gasteiger charge is -2.44.